The minimum atomic E-state index is -0.420. The first-order valence-corrected chi connectivity index (χ1v) is 10.7. The van der Waals surface area contributed by atoms with Gasteiger partial charge in [0.25, 0.3) is 0 Å². The molecule has 0 spiro atoms. The molecular formula is C19H24N8O2S. The largest absolute Gasteiger partial charge is 0.382 e. The lowest BCUT2D eigenvalue weighted by atomic mass is 10.1. The number of benzene rings is 1. The summed E-state index contributed by atoms with van der Waals surface area (Å²) >= 11 is 1.23. The number of anilines is 1. The van der Waals surface area contributed by atoms with E-state index in [9.17, 15) is 4.79 Å². The molecule has 10 nitrogen and oxygen atoms in total. The van der Waals surface area contributed by atoms with E-state index in [2.05, 4.69) is 26.6 Å². The number of nitrogen functional groups attached to an aromatic ring is 1. The summed E-state index contributed by atoms with van der Waals surface area (Å²) < 4.78 is 9.31. The van der Waals surface area contributed by atoms with Crippen LogP contribution in [0.4, 0.5) is 5.82 Å². The van der Waals surface area contributed by atoms with Gasteiger partial charge >= 0.3 is 0 Å². The molecule has 1 saturated heterocycles. The van der Waals surface area contributed by atoms with Crippen molar-refractivity contribution in [2.75, 3.05) is 18.1 Å². The second kappa shape index (κ2) is 8.84. The van der Waals surface area contributed by atoms with Crippen molar-refractivity contribution in [2.45, 2.75) is 44.1 Å². The van der Waals surface area contributed by atoms with Gasteiger partial charge in [-0.05, 0) is 25.3 Å². The molecule has 1 aliphatic heterocycles. The van der Waals surface area contributed by atoms with Crippen LogP contribution in [-0.2, 0) is 22.6 Å². The fourth-order valence-corrected chi connectivity index (χ4v) is 4.13. The molecule has 158 valence electrons. The Bertz CT molecular complexity index is 1040. The van der Waals surface area contributed by atoms with E-state index < -0.39 is 5.91 Å². The van der Waals surface area contributed by atoms with Crippen molar-refractivity contribution in [2.24, 2.45) is 5.73 Å². The molecule has 4 N–H and O–H groups in total. The van der Waals surface area contributed by atoms with Crippen LogP contribution >= 0.6 is 11.8 Å². The van der Waals surface area contributed by atoms with Gasteiger partial charge in [-0.2, -0.15) is 0 Å². The number of aryl methyl sites for hydroxylation is 1. The number of carbonyl (C=O) groups is 1. The molecule has 11 heteroatoms. The van der Waals surface area contributed by atoms with E-state index in [1.165, 1.54) is 17.3 Å². The quantitative estimate of drug-likeness (QED) is 0.511. The van der Waals surface area contributed by atoms with Crippen molar-refractivity contribution in [1.82, 2.24) is 29.8 Å². The zero-order chi connectivity index (χ0) is 21.1. The highest BCUT2D eigenvalue weighted by Gasteiger charge is 2.25. The number of hydrogen-bond donors (Lipinski definition) is 2. The summed E-state index contributed by atoms with van der Waals surface area (Å²) in [4.78, 5) is 11.2. The van der Waals surface area contributed by atoms with Crippen LogP contribution in [0.25, 0.3) is 11.5 Å². The number of carbonyl (C=O) groups excluding carboxylic acids is 1. The van der Waals surface area contributed by atoms with Gasteiger partial charge in [-0.15, -0.1) is 15.3 Å². The van der Waals surface area contributed by atoms with E-state index in [4.69, 9.17) is 16.2 Å². The van der Waals surface area contributed by atoms with E-state index in [0.717, 1.165) is 25.0 Å². The number of ether oxygens (including phenoxy) is 1. The third-order valence-electron chi connectivity index (χ3n) is 4.87. The van der Waals surface area contributed by atoms with Gasteiger partial charge in [0.05, 0.1) is 24.9 Å². The van der Waals surface area contributed by atoms with Gasteiger partial charge in [-0.25, -0.2) is 4.68 Å². The number of nitrogens with zero attached hydrogens (tertiary/aromatic N) is 6. The fraction of sp³-hybridized carbons (Fsp3) is 0.421. The Labute approximate surface area is 178 Å². The highest BCUT2D eigenvalue weighted by Crippen LogP contribution is 2.28. The normalized spacial score (nSPS) is 16.2. The molecule has 0 radical (unpaired) electrons. The van der Waals surface area contributed by atoms with Gasteiger partial charge in [-0.3, -0.25) is 9.36 Å². The molecule has 3 aromatic rings. The maximum atomic E-state index is 11.2. The van der Waals surface area contributed by atoms with Gasteiger partial charge in [0.2, 0.25) is 5.91 Å². The van der Waals surface area contributed by atoms with Gasteiger partial charge < -0.3 is 16.2 Å². The summed E-state index contributed by atoms with van der Waals surface area (Å²) in [5, 5.41) is 17.6. The SMILES string of the molecule is Cc1cccc(Cn2nnc(-c3nnc(SCC(N)=O)n3C[C@@H]3CCCO3)c2N)c1. The Morgan fingerprint density at radius 3 is 2.93 bits per heavy atom. The van der Waals surface area contributed by atoms with Crippen molar-refractivity contribution in [3.05, 3.63) is 35.4 Å². The van der Waals surface area contributed by atoms with Crippen molar-refractivity contribution < 1.29 is 9.53 Å². The standard InChI is InChI=1S/C19H24N8O2S/c1-12-4-2-5-13(8-12)9-27-17(21)16(22-25-27)18-23-24-19(30-11-15(20)28)26(18)10-14-6-3-7-29-14/h2,4-5,8,14H,3,6-7,9-11,21H2,1H3,(H2,20,28)/t14-/m0/s1. The van der Waals surface area contributed by atoms with E-state index in [-0.39, 0.29) is 11.9 Å². The summed E-state index contributed by atoms with van der Waals surface area (Å²) in [5.41, 5.74) is 14.4. The summed E-state index contributed by atoms with van der Waals surface area (Å²) in [6, 6.07) is 8.14. The molecule has 30 heavy (non-hydrogen) atoms. The van der Waals surface area contributed by atoms with Gasteiger partial charge in [0.15, 0.2) is 22.5 Å². The van der Waals surface area contributed by atoms with Gasteiger partial charge in [0, 0.05) is 6.61 Å². The summed E-state index contributed by atoms with van der Waals surface area (Å²) in [5.74, 6) is 0.602. The van der Waals surface area contributed by atoms with E-state index >= 15 is 0 Å². The molecular weight excluding hydrogens is 404 g/mol. The molecule has 0 unspecified atom stereocenters. The smallest absolute Gasteiger partial charge is 0.227 e. The summed E-state index contributed by atoms with van der Waals surface area (Å²) in [6.45, 7) is 3.83. The Balaban J connectivity index is 1.64. The average Bonchev–Trinajstić information content (AvgIpc) is 3.43. The Hall–Kier alpha value is -2.92. The minimum absolute atomic E-state index is 0.0521. The second-order valence-corrected chi connectivity index (χ2v) is 8.22. The van der Waals surface area contributed by atoms with Crippen LogP contribution in [0.5, 0.6) is 0 Å². The second-order valence-electron chi connectivity index (χ2n) is 7.28. The predicted octanol–water partition coefficient (Wildman–Crippen LogP) is 1.23. The van der Waals surface area contributed by atoms with Crippen LogP contribution in [0.2, 0.25) is 0 Å². The molecule has 1 aromatic carbocycles. The Kier molecular flexibility index (Phi) is 6.00. The average molecular weight is 429 g/mol. The van der Waals surface area contributed by atoms with Gasteiger partial charge in [-0.1, -0.05) is 46.8 Å². The Morgan fingerprint density at radius 2 is 2.20 bits per heavy atom. The lowest BCUT2D eigenvalue weighted by molar-refractivity contribution is -0.115. The molecule has 0 saturated carbocycles. The van der Waals surface area contributed by atoms with E-state index in [1.807, 2.05) is 29.7 Å². The number of nitrogens with two attached hydrogens (primary N) is 2. The Morgan fingerprint density at radius 1 is 1.33 bits per heavy atom. The first-order valence-electron chi connectivity index (χ1n) is 9.72. The van der Waals surface area contributed by atoms with Crippen LogP contribution < -0.4 is 11.5 Å². The number of primary amides is 1. The minimum Gasteiger partial charge on any atom is -0.382 e. The van der Waals surface area contributed by atoms with E-state index in [1.54, 1.807) is 4.68 Å². The molecule has 2 aromatic heterocycles. The first kappa shape index (κ1) is 20.4. The fourth-order valence-electron chi connectivity index (χ4n) is 3.44. The van der Waals surface area contributed by atoms with Crippen molar-refractivity contribution >= 4 is 23.5 Å². The van der Waals surface area contributed by atoms with Crippen LogP contribution in [0.1, 0.15) is 24.0 Å². The van der Waals surface area contributed by atoms with Crippen LogP contribution in [0, 0.1) is 6.92 Å². The molecule has 1 aliphatic rings. The van der Waals surface area contributed by atoms with Crippen LogP contribution in [0.15, 0.2) is 29.4 Å². The first-order chi connectivity index (χ1) is 14.5. The zero-order valence-electron chi connectivity index (χ0n) is 16.7. The molecule has 1 amide bonds. The highest BCUT2D eigenvalue weighted by molar-refractivity contribution is 7.99. The van der Waals surface area contributed by atoms with E-state index in [0.29, 0.717) is 35.6 Å². The number of hydrogen-bond acceptors (Lipinski definition) is 8. The summed E-state index contributed by atoms with van der Waals surface area (Å²) in [6.07, 6.45) is 2.02. The monoisotopic (exact) mass is 428 g/mol. The van der Waals surface area contributed by atoms with Gasteiger partial charge in [0.1, 0.15) is 0 Å². The third kappa shape index (κ3) is 4.46. The molecule has 1 atom stereocenters. The summed E-state index contributed by atoms with van der Waals surface area (Å²) in [7, 11) is 0. The number of aromatic nitrogens is 6. The molecule has 3 heterocycles. The lowest BCUT2D eigenvalue weighted by Gasteiger charge is -2.14. The maximum Gasteiger partial charge on any atom is 0.227 e. The molecule has 0 bridgehead atoms. The topological polar surface area (TPSA) is 140 Å². The maximum absolute atomic E-state index is 11.2. The molecule has 0 aliphatic carbocycles. The van der Waals surface area contributed by atoms with Crippen LogP contribution in [-0.4, -0.2) is 54.1 Å². The van der Waals surface area contributed by atoms with Crippen LogP contribution in [0.3, 0.4) is 0 Å². The molecule has 4 rings (SSSR count). The predicted molar refractivity (Wildman–Crippen MR) is 113 cm³/mol. The molecule has 1 fully saturated rings. The number of rotatable bonds is 8. The highest BCUT2D eigenvalue weighted by atomic mass is 32.2. The zero-order valence-corrected chi connectivity index (χ0v) is 17.5. The van der Waals surface area contributed by atoms with Crippen molar-refractivity contribution in [3.8, 4) is 11.5 Å². The number of amides is 1. The van der Waals surface area contributed by atoms with Crippen molar-refractivity contribution in [1.29, 1.82) is 0 Å². The van der Waals surface area contributed by atoms with Crippen molar-refractivity contribution in [3.63, 3.8) is 0 Å². The number of thioether (sulfide) groups is 1. The third-order valence-corrected chi connectivity index (χ3v) is 5.86. The lowest BCUT2D eigenvalue weighted by Crippen LogP contribution is -2.18.